The van der Waals surface area contributed by atoms with Gasteiger partial charge in [0.15, 0.2) is 0 Å². The van der Waals surface area contributed by atoms with Gasteiger partial charge < -0.3 is 14.4 Å². The molecule has 0 spiro atoms. The largest absolute Gasteiger partial charge is 0.381 e. The average molecular weight is 331 g/mol. The normalized spacial score (nSPS) is 31.0. The van der Waals surface area contributed by atoms with Crippen molar-refractivity contribution in [3.63, 3.8) is 0 Å². The highest BCUT2D eigenvalue weighted by Crippen LogP contribution is 2.51. The van der Waals surface area contributed by atoms with E-state index >= 15 is 0 Å². The summed E-state index contributed by atoms with van der Waals surface area (Å²) in [6.07, 6.45) is 3.57. The van der Waals surface area contributed by atoms with Crippen LogP contribution in [-0.4, -0.2) is 47.5 Å². The maximum atomic E-state index is 12.9. The van der Waals surface area contributed by atoms with Gasteiger partial charge in [-0.2, -0.15) is 5.10 Å². The zero-order chi connectivity index (χ0) is 16.3. The van der Waals surface area contributed by atoms with Crippen LogP contribution in [0.5, 0.6) is 0 Å². The van der Waals surface area contributed by atoms with Gasteiger partial charge >= 0.3 is 0 Å². The number of carbonyl (C=O) groups excluding carboxylic acids is 1. The predicted molar refractivity (Wildman–Crippen MR) is 86.1 cm³/mol. The van der Waals surface area contributed by atoms with Crippen molar-refractivity contribution in [3.8, 4) is 0 Å². The summed E-state index contributed by atoms with van der Waals surface area (Å²) in [7, 11) is 1.71. The van der Waals surface area contributed by atoms with Crippen LogP contribution < -0.4 is 0 Å². The van der Waals surface area contributed by atoms with E-state index in [2.05, 4.69) is 4.68 Å². The second-order valence-corrected chi connectivity index (χ2v) is 7.83. The standard InChI is InChI=1S/C18H25N3O3/c1-23-10-15-12-7-20(18(22)17-13-8-24-9-14(13)17)5-4-16(12)21(19-15)6-11-2-3-11/h11,13-14,17H,2-10H2,1H3/t13-,14+,17?. The minimum Gasteiger partial charge on any atom is -0.381 e. The van der Waals surface area contributed by atoms with E-state index in [1.807, 2.05) is 4.90 Å². The number of hydrogen-bond acceptors (Lipinski definition) is 4. The van der Waals surface area contributed by atoms with Gasteiger partial charge in [0.2, 0.25) is 5.91 Å². The first-order chi connectivity index (χ1) is 11.8. The molecular weight excluding hydrogens is 306 g/mol. The average Bonchev–Trinajstić information content (AvgIpc) is 3.46. The molecule has 1 unspecified atom stereocenters. The number of amides is 1. The van der Waals surface area contributed by atoms with Gasteiger partial charge in [-0.15, -0.1) is 0 Å². The lowest BCUT2D eigenvalue weighted by molar-refractivity contribution is -0.135. The number of hydrogen-bond donors (Lipinski definition) is 0. The molecule has 4 aliphatic rings. The van der Waals surface area contributed by atoms with Crippen LogP contribution in [0, 0.1) is 23.7 Å². The first kappa shape index (κ1) is 14.9. The van der Waals surface area contributed by atoms with Gasteiger partial charge in [-0.1, -0.05) is 0 Å². The molecule has 3 fully saturated rings. The Morgan fingerprint density at radius 2 is 2.12 bits per heavy atom. The van der Waals surface area contributed by atoms with Gasteiger partial charge in [-0.25, -0.2) is 0 Å². The number of fused-ring (bicyclic) bond motifs is 2. The van der Waals surface area contributed by atoms with E-state index < -0.39 is 0 Å². The Balaban J connectivity index is 1.35. The predicted octanol–water partition coefficient (Wildman–Crippen LogP) is 1.22. The Morgan fingerprint density at radius 1 is 1.33 bits per heavy atom. The Bertz CT molecular complexity index is 657. The zero-order valence-electron chi connectivity index (χ0n) is 14.2. The number of rotatable bonds is 5. The number of ether oxygens (including phenoxy) is 2. The van der Waals surface area contributed by atoms with Crippen LogP contribution in [0.3, 0.4) is 0 Å². The third-order valence-corrected chi connectivity index (χ3v) is 6.18. The summed E-state index contributed by atoms with van der Waals surface area (Å²) in [5, 5.41) is 4.81. The maximum absolute atomic E-state index is 12.9. The van der Waals surface area contributed by atoms with Gasteiger partial charge in [-0.3, -0.25) is 9.48 Å². The van der Waals surface area contributed by atoms with Gasteiger partial charge in [0.1, 0.15) is 0 Å². The van der Waals surface area contributed by atoms with Crippen LogP contribution in [0.25, 0.3) is 0 Å². The molecule has 0 bridgehead atoms. The number of carbonyl (C=O) groups is 1. The molecular formula is C18H25N3O3. The topological polar surface area (TPSA) is 56.6 Å². The fourth-order valence-corrected chi connectivity index (χ4v) is 4.52. The van der Waals surface area contributed by atoms with Gasteiger partial charge in [0, 0.05) is 50.3 Å². The van der Waals surface area contributed by atoms with Gasteiger partial charge in [0.25, 0.3) is 0 Å². The molecule has 3 atom stereocenters. The number of nitrogens with zero attached hydrogens (tertiary/aromatic N) is 3. The van der Waals surface area contributed by atoms with Crippen molar-refractivity contribution in [3.05, 3.63) is 17.0 Å². The number of aromatic nitrogens is 2. The lowest BCUT2D eigenvalue weighted by atomic mass is 10.0. The van der Waals surface area contributed by atoms with E-state index in [-0.39, 0.29) is 5.92 Å². The molecule has 2 aliphatic carbocycles. The Labute approximate surface area is 142 Å². The highest BCUT2D eigenvalue weighted by Gasteiger charge is 2.59. The van der Waals surface area contributed by atoms with Crippen LogP contribution in [-0.2, 0) is 40.4 Å². The van der Waals surface area contributed by atoms with Crippen LogP contribution >= 0.6 is 0 Å². The molecule has 1 amide bonds. The third-order valence-electron chi connectivity index (χ3n) is 6.18. The molecule has 1 aromatic heterocycles. The molecule has 130 valence electrons. The second kappa shape index (κ2) is 5.56. The lowest BCUT2D eigenvalue weighted by Gasteiger charge is -2.28. The monoisotopic (exact) mass is 331 g/mol. The van der Waals surface area contributed by atoms with Crippen LogP contribution in [0.15, 0.2) is 0 Å². The molecule has 24 heavy (non-hydrogen) atoms. The van der Waals surface area contributed by atoms with Crippen molar-refractivity contribution < 1.29 is 14.3 Å². The first-order valence-electron chi connectivity index (χ1n) is 9.19. The van der Waals surface area contributed by atoms with Gasteiger partial charge in [0.05, 0.1) is 25.5 Å². The maximum Gasteiger partial charge on any atom is 0.226 e. The lowest BCUT2D eigenvalue weighted by Crippen LogP contribution is -2.38. The van der Waals surface area contributed by atoms with Crippen molar-refractivity contribution >= 4 is 5.91 Å². The minimum absolute atomic E-state index is 0.215. The molecule has 3 heterocycles. The van der Waals surface area contributed by atoms with E-state index in [0.29, 0.717) is 30.9 Å². The fraction of sp³-hybridized carbons (Fsp3) is 0.778. The summed E-state index contributed by atoms with van der Waals surface area (Å²) < 4.78 is 13.0. The molecule has 0 radical (unpaired) electrons. The Kier molecular flexibility index (Phi) is 3.45. The quantitative estimate of drug-likeness (QED) is 0.814. The van der Waals surface area contributed by atoms with Crippen LogP contribution in [0.2, 0.25) is 0 Å². The fourth-order valence-electron chi connectivity index (χ4n) is 4.52. The van der Waals surface area contributed by atoms with Crippen molar-refractivity contribution in [1.29, 1.82) is 0 Å². The zero-order valence-corrected chi connectivity index (χ0v) is 14.2. The summed E-state index contributed by atoms with van der Waals surface area (Å²) in [4.78, 5) is 14.9. The van der Waals surface area contributed by atoms with E-state index in [1.165, 1.54) is 24.1 Å². The van der Waals surface area contributed by atoms with E-state index in [4.69, 9.17) is 14.6 Å². The van der Waals surface area contributed by atoms with Crippen molar-refractivity contribution in [2.24, 2.45) is 23.7 Å². The molecule has 1 saturated heterocycles. The van der Waals surface area contributed by atoms with E-state index in [9.17, 15) is 4.79 Å². The van der Waals surface area contributed by atoms with Crippen molar-refractivity contribution in [2.45, 2.75) is 39.0 Å². The molecule has 0 aromatic carbocycles. The molecule has 2 saturated carbocycles. The minimum atomic E-state index is 0.215. The Hall–Kier alpha value is -1.40. The molecule has 1 aromatic rings. The highest BCUT2D eigenvalue weighted by atomic mass is 16.5. The smallest absolute Gasteiger partial charge is 0.226 e. The Morgan fingerprint density at radius 3 is 2.83 bits per heavy atom. The second-order valence-electron chi connectivity index (χ2n) is 7.83. The van der Waals surface area contributed by atoms with Crippen LogP contribution in [0.4, 0.5) is 0 Å². The van der Waals surface area contributed by atoms with Gasteiger partial charge in [-0.05, 0) is 30.6 Å². The molecule has 2 aliphatic heterocycles. The molecule has 5 rings (SSSR count). The summed E-state index contributed by atoms with van der Waals surface area (Å²) in [5.74, 6) is 2.31. The SMILES string of the molecule is COCc1nn(CC2CC2)c2c1CN(C(=O)C1[C@H]3COC[C@@H]13)CC2. The number of methoxy groups -OCH3 is 1. The summed E-state index contributed by atoms with van der Waals surface area (Å²) in [6, 6.07) is 0. The van der Waals surface area contributed by atoms with Crippen molar-refractivity contribution in [1.82, 2.24) is 14.7 Å². The molecule has 6 heteroatoms. The van der Waals surface area contributed by atoms with E-state index in [1.54, 1.807) is 7.11 Å². The first-order valence-corrected chi connectivity index (χ1v) is 9.19. The summed E-state index contributed by atoms with van der Waals surface area (Å²) in [6.45, 7) is 4.64. The van der Waals surface area contributed by atoms with Crippen molar-refractivity contribution in [2.75, 3.05) is 26.9 Å². The summed E-state index contributed by atoms with van der Waals surface area (Å²) >= 11 is 0. The molecule has 6 nitrogen and oxygen atoms in total. The van der Waals surface area contributed by atoms with Crippen LogP contribution in [0.1, 0.15) is 29.8 Å². The van der Waals surface area contributed by atoms with E-state index in [0.717, 1.165) is 44.3 Å². The molecule has 0 N–H and O–H groups in total. The summed E-state index contributed by atoms with van der Waals surface area (Å²) in [5.41, 5.74) is 3.58. The third kappa shape index (κ3) is 2.39. The highest BCUT2D eigenvalue weighted by molar-refractivity contribution is 5.83.